The molecular weight excluding hydrogens is 266 g/mol. The quantitative estimate of drug-likeness (QED) is 0.742. The second-order valence-corrected chi connectivity index (χ2v) is 4.40. The summed E-state index contributed by atoms with van der Waals surface area (Å²) in [6, 6.07) is 7.35. The Morgan fingerprint density at radius 3 is 2.86 bits per heavy atom. The van der Waals surface area contributed by atoms with Gasteiger partial charge in [0, 0.05) is 18.8 Å². The third-order valence-electron chi connectivity index (χ3n) is 3.07. The summed E-state index contributed by atoms with van der Waals surface area (Å²) in [4.78, 5) is 23.4. The first-order valence-electron chi connectivity index (χ1n) is 6.40. The molecule has 1 aromatic carbocycles. The van der Waals surface area contributed by atoms with Crippen molar-refractivity contribution < 1.29 is 4.79 Å². The van der Waals surface area contributed by atoms with Gasteiger partial charge in [-0.15, -0.1) is 0 Å². The highest BCUT2D eigenvalue weighted by atomic mass is 16.1. The van der Waals surface area contributed by atoms with Crippen LogP contribution >= 0.6 is 0 Å². The van der Waals surface area contributed by atoms with Crippen molar-refractivity contribution in [3.05, 3.63) is 48.0 Å². The Bertz CT molecular complexity index is 822. The summed E-state index contributed by atoms with van der Waals surface area (Å²) in [5, 5.41) is 2.98. The van der Waals surface area contributed by atoms with Crippen LogP contribution in [0, 0.1) is 0 Å². The van der Waals surface area contributed by atoms with Crippen molar-refractivity contribution in [1.29, 1.82) is 0 Å². The van der Waals surface area contributed by atoms with E-state index in [4.69, 9.17) is 0 Å². The first-order valence-corrected chi connectivity index (χ1v) is 6.40. The van der Waals surface area contributed by atoms with Crippen molar-refractivity contribution >= 4 is 35.5 Å². The van der Waals surface area contributed by atoms with Gasteiger partial charge in [-0.1, -0.05) is 18.2 Å². The molecule has 2 heterocycles. The van der Waals surface area contributed by atoms with Gasteiger partial charge in [-0.05, 0) is 17.7 Å². The molecule has 3 rings (SSSR count). The smallest absolute Gasteiger partial charge is 0.169 e. The van der Waals surface area contributed by atoms with Crippen LogP contribution < -0.4 is 5.32 Å². The molecule has 0 aliphatic rings. The number of nitrogens with zero attached hydrogens (tertiary/aromatic N) is 4. The fourth-order valence-electron chi connectivity index (χ4n) is 2.05. The van der Waals surface area contributed by atoms with E-state index in [9.17, 15) is 4.79 Å². The monoisotopic (exact) mass is 279 g/mol. The predicted octanol–water partition coefficient (Wildman–Crippen LogP) is 2.31. The number of anilines is 1. The van der Waals surface area contributed by atoms with E-state index < -0.39 is 0 Å². The van der Waals surface area contributed by atoms with Crippen LogP contribution in [-0.2, 0) is 0 Å². The van der Waals surface area contributed by atoms with E-state index >= 15 is 0 Å². The molecule has 0 saturated carbocycles. The second kappa shape index (κ2) is 5.54. The van der Waals surface area contributed by atoms with Gasteiger partial charge in [0.2, 0.25) is 0 Å². The fraction of sp³-hybridized carbons (Fsp3) is 0.0667. The van der Waals surface area contributed by atoms with E-state index in [1.807, 2.05) is 35.0 Å². The van der Waals surface area contributed by atoms with Gasteiger partial charge >= 0.3 is 0 Å². The van der Waals surface area contributed by atoms with Crippen molar-refractivity contribution in [3.8, 4) is 0 Å². The molecule has 6 heteroatoms. The molecule has 0 unspecified atom stereocenters. The zero-order valence-electron chi connectivity index (χ0n) is 11.4. The maximum absolute atomic E-state index is 10.8. The standard InChI is InChI=1S/C15H13N5O/c1-16-14-13-15(18-9-17-14)20(10-19-13)6-5-11-3-2-4-12(7-11)8-21/h2-10H,1H3,(H,16,17,18)/b6-5+. The number of imidazole rings is 1. The molecule has 1 N–H and O–H groups in total. The number of rotatable bonds is 4. The van der Waals surface area contributed by atoms with Crippen molar-refractivity contribution in [2.45, 2.75) is 0 Å². The number of hydrogen-bond donors (Lipinski definition) is 1. The van der Waals surface area contributed by atoms with Crippen LogP contribution in [0.3, 0.4) is 0 Å². The minimum Gasteiger partial charge on any atom is -0.371 e. The van der Waals surface area contributed by atoms with Gasteiger partial charge in [0.25, 0.3) is 0 Å². The zero-order valence-corrected chi connectivity index (χ0v) is 11.4. The molecule has 6 nitrogen and oxygen atoms in total. The SMILES string of the molecule is CNc1ncnc2c1ncn2/C=C/c1cccc(C=O)c1. The maximum atomic E-state index is 10.8. The van der Waals surface area contributed by atoms with Crippen LogP contribution in [0.5, 0.6) is 0 Å². The van der Waals surface area contributed by atoms with Gasteiger partial charge < -0.3 is 5.32 Å². The summed E-state index contributed by atoms with van der Waals surface area (Å²) in [5.41, 5.74) is 3.01. The fourth-order valence-corrected chi connectivity index (χ4v) is 2.05. The lowest BCUT2D eigenvalue weighted by molar-refractivity contribution is 0.112. The first-order chi connectivity index (χ1) is 10.3. The Labute approximate surface area is 121 Å². The number of hydrogen-bond acceptors (Lipinski definition) is 5. The normalized spacial score (nSPS) is 11.1. The number of nitrogens with one attached hydrogen (secondary N) is 1. The Balaban J connectivity index is 1.98. The summed E-state index contributed by atoms with van der Waals surface area (Å²) >= 11 is 0. The van der Waals surface area contributed by atoms with Gasteiger partial charge in [0.05, 0.1) is 0 Å². The van der Waals surface area contributed by atoms with E-state index in [0.29, 0.717) is 16.9 Å². The summed E-state index contributed by atoms with van der Waals surface area (Å²) in [6.07, 6.45) is 7.75. The van der Waals surface area contributed by atoms with E-state index in [-0.39, 0.29) is 0 Å². The summed E-state index contributed by atoms with van der Waals surface area (Å²) in [5.74, 6) is 0.690. The summed E-state index contributed by atoms with van der Waals surface area (Å²) in [6.45, 7) is 0. The molecule has 0 bridgehead atoms. The Morgan fingerprint density at radius 2 is 2.05 bits per heavy atom. The molecule has 104 valence electrons. The van der Waals surface area contributed by atoms with Gasteiger partial charge in [-0.2, -0.15) is 0 Å². The molecule has 0 spiro atoms. The van der Waals surface area contributed by atoms with E-state index in [1.165, 1.54) is 6.33 Å². The number of aromatic nitrogens is 4. The number of aldehydes is 1. The summed E-state index contributed by atoms with van der Waals surface area (Å²) in [7, 11) is 1.79. The topological polar surface area (TPSA) is 72.7 Å². The van der Waals surface area contributed by atoms with Crippen molar-refractivity contribution in [2.75, 3.05) is 12.4 Å². The van der Waals surface area contributed by atoms with Crippen LogP contribution in [0.1, 0.15) is 15.9 Å². The average molecular weight is 279 g/mol. The Hall–Kier alpha value is -3.02. The molecule has 3 aromatic rings. The molecule has 0 radical (unpaired) electrons. The molecule has 0 fully saturated rings. The molecule has 2 aromatic heterocycles. The Morgan fingerprint density at radius 1 is 1.19 bits per heavy atom. The third-order valence-corrected chi connectivity index (χ3v) is 3.07. The van der Waals surface area contributed by atoms with Crippen LogP contribution in [-0.4, -0.2) is 32.9 Å². The van der Waals surface area contributed by atoms with Crippen LogP contribution in [0.15, 0.2) is 36.9 Å². The van der Waals surface area contributed by atoms with Gasteiger partial charge in [0.15, 0.2) is 17.0 Å². The number of fused-ring (bicyclic) bond motifs is 1. The number of carbonyl (C=O) groups is 1. The van der Waals surface area contributed by atoms with E-state index in [0.717, 1.165) is 17.5 Å². The third kappa shape index (κ3) is 2.51. The highest BCUT2D eigenvalue weighted by Gasteiger charge is 2.06. The Kier molecular flexibility index (Phi) is 3.42. The summed E-state index contributed by atoms with van der Waals surface area (Å²) < 4.78 is 1.81. The largest absolute Gasteiger partial charge is 0.371 e. The second-order valence-electron chi connectivity index (χ2n) is 4.40. The number of carbonyl (C=O) groups excluding carboxylic acids is 1. The highest BCUT2D eigenvalue weighted by molar-refractivity contribution is 5.85. The van der Waals surface area contributed by atoms with Gasteiger partial charge in [0.1, 0.15) is 18.9 Å². The van der Waals surface area contributed by atoms with Crippen LogP contribution in [0.4, 0.5) is 5.82 Å². The average Bonchev–Trinajstić information content (AvgIpc) is 2.96. The van der Waals surface area contributed by atoms with E-state index in [2.05, 4.69) is 20.3 Å². The molecule has 0 saturated heterocycles. The van der Waals surface area contributed by atoms with Crippen molar-refractivity contribution in [3.63, 3.8) is 0 Å². The molecule has 0 aliphatic heterocycles. The lowest BCUT2D eigenvalue weighted by atomic mass is 10.1. The van der Waals surface area contributed by atoms with Gasteiger partial charge in [-0.25, -0.2) is 15.0 Å². The predicted molar refractivity (Wildman–Crippen MR) is 81.9 cm³/mol. The van der Waals surface area contributed by atoms with Crippen LogP contribution in [0.25, 0.3) is 23.4 Å². The van der Waals surface area contributed by atoms with E-state index in [1.54, 1.807) is 19.4 Å². The minimum absolute atomic E-state index is 0.646. The number of benzene rings is 1. The lowest BCUT2D eigenvalue weighted by Crippen LogP contribution is -1.95. The maximum Gasteiger partial charge on any atom is 0.169 e. The first kappa shape index (κ1) is 13.0. The van der Waals surface area contributed by atoms with Crippen LogP contribution in [0.2, 0.25) is 0 Å². The molecule has 0 aliphatic carbocycles. The van der Waals surface area contributed by atoms with Crippen molar-refractivity contribution in [1.82, 2.24) is 19.5 Å². The van der Waals surface area contributed by atoms with Crippen molar-refractivity contribution in [2.24, 2.45) is 0 Å². The molecular formula is C15H13N5O. The molecule has 21 heavy (non-hydrogen) atoms. The highest BCUT2D eigenvalue weighted by Crippen LogP contribution is 2.17. The molecule has 0 atom stereocenters. The lowest BCUT2D eigenvalue weighted by Gasteiger charge is -1.99. The minimum atomic E-state index is 0.646. The van der Waals surface area contributed by atoms with Gasteiger partial charge in [-0.3, -0.25) is 9.36 Å². The zero-order chi connectivity index (χ0) is 14.7. The molecule has 0 amide bonds.